The van der Waals surface area contributed by atoms with E-state index in [4.69, 9.17) is 15.9 Å². The molecule has 0 atom stereocenters. The predicted molar refractivity (Wildman–Crippen MR) is 74.5 cm³/mol. The van der Waals surface area contributed by atoms with E-state index >= 15 is 0 Å². The fraction of sp³-hybridized carbons (Fsp3) is 0.0714. The largest absolute Gasteiger partial charge is 0.497 e. The van der Waals surface area contributed by atoms with Crippen molar-refractivity contribution in [2.45, 2.75) is 9.79 Å². The van der Waals surface area contributed by atoms with Crippen LogP contribution in [0.5, 0.6) is 5.75 Å². The molecule has 2 rings (SSSR count). The van der Waals surface area contributed by atoms with E-state index in [-0.39, 0.29) is 11.7 Å². The second kappa shape index (κ2) is 5.75. The molecule has 0 saturated heterocycles. The van der Waals surface area contributed by atoms with Crippen molar-refractivity contribution in [2.75, 3.05) is 7.11 Å². The van der Waals surface area contributed by atoms with Gasteiger partial charge in [-0.15, -0.1) is 0 Å². The van der Waals surface area contributed by atoms with Crippen LogP contribution in [-0.4, -0.2) is 12.9 Å². The van der Waals surface area contributed by atoms with Crippen LogP contribution in [0.4, 0.5) is 4.39 Å². The number of benzene rings is 2. The van der Waals surface area contributed by atoms with E-state index in [1.54, 1.807) is 31.4 Å². The van der Waals surface area contributed by atoms with Crippen LogP contribution < -0.4 is 10.5 Å². The highest BCUT2D eigenvalue weighted by atomic mass is 32.2. The monoisotopic (exact) mass is 276 g/mol. The van der Waals surface area contributed by atoms with Gasteiger partial charge < -0.3 is 10.5 Å². The number of rotatable bonds is 4. The maximum absolute atomic E-state index is 12.9. The molecule has 0 unspecified atom stereocenters. The van der Waals surface area contributed by atoms with E-state index < -0.39 is 0 Å². The minimum absolute atomic E-state index is 0.00716. The zero-order valence-electron chi connectivity index (χ0n) is 10.3. The lowest BCUT2D eigenvalue weighted by molar-refractivity contribution is 0.413. The van der Waals surface area contributed by atoms with Gasteiger partial charge in [-0.1, -0.05) is 11.8 Å². The van der Waals surface area contributed by atoms with Gasteiger partial charge in [0.05, 0.1) is 7.11 Å². The summed E-state index contributed by atoms with van der Waals surface area (Å²) < 4.78 is 18.0. The van der Waals surface area contributed by atoms with Crippen molar-refractivity contribution in [2.24, 2.45) is 5.73 Å². The smallest absolute Gasteiger partial charge is 0.123 e. The van der Waals surface area contributed by atoms with E-state index in [9.17, 15) is 4.39 Å². The third-order valence-electron chi connectivity index (χ3n) is 2.52. The number of methoxy groups -OCH3 is 1. The summed E-state index contributed by atoms with van der Waals surface area (Å²) in [6.07, 6.45) is 0. The Labute approximate surface area is 115 Å². The topological polar surface area (TPSA) is 59.1 Å². The van der Waals surface area contributed by atoms with Crippen molar-refractivity contribution in [3.05, 3.63) is 53.8 Å². The van der Waals surface area contributed by atoms with Gasteiger partial charge in [-0.2, -0.15) is 0 Å². The number of ether oxygens (including phenoxy) is 1. The molecule has 0 amide bonds. The second-order valence-electron chi connectivity index (χ2n) is 3.83. The number of nitrogens with one attached hydrogen (secondary N) is 1. The number of hydrogen-bond acceptors (Lipinski definition) is 3. The summed E-state index contributed by atoms with van der Waals surface area (Å²) in [5, 5.41) is 7.57. The first-order chi connectivity index (χ1) is 9.10. The molecule has 2 aromatic rings. The van der Waals surface area contributed by atoms with E-state index in [1.807, 2.05) is 6.07 Å². The van der Waals surface area contributed by atoms with Gasteiger partial charge in [-0.3, -0.25) is 5.41 Å². The van der Waals surface area contributed by atoms with Crippen molar-refractivity contribution in [1.29, 1.82) is 5.41 Å². The summed E-state index contributed by atoms with van der Waals surface area (Å²) in [4.78, 5) is 1.68. The third-order valence-corrected chi connectivity index (χ3v) is 3.59. The van der Waals surface area contributed by atoms with Gasteiger partial charge in [0.25, 0.3) is 0 Å². The molecule has 0 radical (unpaired) electrons. The Hall–Kier alpha value is -2.01. The van der Waals surface area contributed by atoms with Crippen molar-refractivity contribution in [3.63, 3.8) is 0 Å². The Balaban J connectivity index is 2.36. The summed E-state index contributed by atoms with van der Waals surface area (Å²) in [7, 11) is 1.58. The number of nitrogen functional groups attached to an aromatic ring is 1. The van der Waals surface area contributed by atoms with Gasteiger partial charge in [0.1, 0.15) is 17.4 Å². The summed E-state index contributed by atoms with van der Waals surface area (Å²) >= 11 is 1.41. The fourth-order valence-electron chi connectivity index (χ4n) is 1.57. The average molecular weight is 276 g/mol. The standard InChI is InChI=1S/C14H13FN2OS/c1-18-10-4-7-12(14(16)17)13(8-10)19-11-5-2-9(15)3-6-11/h2-8H,1H3,(H3,16,17). The molecule has 0 aromatic heterocycles. The fourth-order valence-corrected chi connectivity index (χ4v) is 2.56. The first kappa shape index (κ1) is 13.4. The molecular weight excluding hydrogens is 263 g/mol. The average Bonchev–Trinajstić information content (AvgIpc) is 2.41. The van der Waals surface area contributed by atoms with Gasteiger partial charge in [-0.25, -0.2) is 4.39 Å². The molecule has 0 saturated carbocycles. The zero-order valence-corrected chi connectivity index (χ0v) is 11.1. The van der Waals surface area contributed by atoms with Crippen LogP contribution in [-0.2, 0) is 0 Å². The van der Waals surface area contributed by atoms with Gasteiger partial charge in [0, 0.05) is 15.4 Å². The Kier molecular flexibility index (Phi) is 4.06. The molecule has 0 heterocycles. The number of halogens is 1. The molecule has 0 aliphatic rings. The molecule has 5 heteroatoms. The highest BCUT2D eigenvalue weighted by Gasteiger charge is 2.09. The van der Waals surface area contributed by atoms with Crippen LogP contribution in [0.3, 0.4) is 0 Å². The molecule has 0 fully saturated rings. The van der Waals surface area contributed by atoms with Crippen LogP contribution in [0.2, 0.25) is 0 Å². The Morgan fingerprint density at radius 3 is 2.47 bits per heavy atom. The molecule has 0 spiro atoms. The quantitative estimate of drug-likeness (QED) is 0.665. The molecule has 98 valence electrons. The van der Waals surface area contributed by atoms with E-state index in [0.717, 1.165) is 9.79 Å². The van der Waals surface area contributed by atoms with Crippen molar-refractivity contribution in [3.8, 4) is 5.75 Å². The molecule has 19 heavy (non-hydrogen) atoms. The summed E-state index contributed by atoms with van der Waals surface area (Å²) in [6, 6.07) is 11.5. The Bertz CT molecular complexity index is 599. The Morgan fingerprint density at radius 2 is 1.89 bits per heavy atom. The number of amidine groups is 1. The van der Waals surface area contributed by atoms with E-state index in [2.05, 4.69) is 0 Å². The third kappa shape index (κ3) is 3.26. The molecule has 3 nitrogen and oxygen atoms in total. The molecule has 0 aliphatic carbocycles. The van der Waals surface area contributed by atoms with Crippen LogP contribution in [0.15, 0.2) is 52.3 Å². The van der Waals surface area contributed by atoms with Crippen molar-refractivity contribution >= 4 is 17.6 Å². The van der Waals surface area contributed by atoms with Crippen LogP contribution in [0.25, 0.3) is 0 Å². The number of hydrogen-bond donors (Lipinski definition) is 2. The van der Waals surface area contributed by atoms with Crippen molar-refractivity contribution in [1.82, 2.24) is 0 Å². The lowest BCUT2D eigenvalue weighted by Gasteiger charge is -2.10. The SMILES string of the molecule is COc1ccc(C(=N)N)c(Sc2ccc(F)cc2)c1. The first-order valence-electron chi connectivity index (χ1n) is 5.56. The van der Waals surface area contributed by atoms with Crippen molar-refractivity contribution < 1.29 is 9.13 Å². The van der Waals surface area contributed by atoms with Gasteiger partial charge in [0.2, 0.25) is 0 Å². The van der Waals surface area contributed by atoms with Crippen LogP contribution in [0, 0.1) is 11.2 Å². The maximum Gasteiger partial charge on any atom is 0.123 e. The number of nitrogens with two attached hydrogens (primary N) is 1. The predicted octanol–water partition coefficient (Wildman–Crippen LogP) is 3.27. The summed E-state index contributed by atoms with van der Waals surface area (Å²) in [5.74, 6) is 0.406. The maximum atomic E-state index is 12.9. The van der Waals surface area contributed by atoms with E-state index in [1.165, 1.54) is 23.9 Å². The Morgan fingerprint density at radius 1 is 1.21 bits per heavy atom. The minimum atomic E-state index is -0.276. The van der Waals surface area contributed by atoms with Gasteiger partial charge in [0.15, 0.2) is 0 Å². The van der Waals surface area contributed by atoms with Crippen LogP contribution >= 0.6 is 11.8 Å². The zero-order chi connectivity index (χ0) is 13.8. The lowest BCUT2D eigenvalue weighted by Crippen LogP contribution is -2.12. The molecule has 2 aromatic carbocycles. The molecular formula is C14H13FN2OS. The van der Waals surface area contributed by atoms with Crippen LogP contribution in [0.1, 0.15) is 5.56 Å². The normalized spacial score (nSPS) is 10.2. The summed E-state index contributed by atoms with van der Waals surface area (Å²) in [5.41, 5.74) is 6.19. The summed E-state index contributed by atoms with van der Waals surface area (Å²) in [6.45, 7) is 0. The molecule has 0 aliphatic heterocycles. The second-order valence-corrected chi connectivity index (χ2v) is 4.95. The molecule has 0 bridgehead atoms. The highest BCUT2D eigenvalue weighted by Crippen LogP contribution is 2.33. The van der Waals surface area contributed by atoms with Gasteiger partial charge in [-0.05, 0) is 42.5 Å². The lowest BCUT2D eigenvalue weighted by atomic mass is 10.2. The van der Waals surface area contributed by atoms with Gasteiger partial charge >= 0.3 is 0 Å². The molecule has 3 N–H and O–H groups in total. The first-order valence-corrected chi connectivity index (χ1v) is 6.37. The minimum Gasteiger partial charge on any atom is -0.497 e. The highest BCUT2D eigenvalue weighted by molar-refractivity contribution is 7.99. The van der Waals surface area contributed by atoms with E-state index in [0.29, 0.717) is 11.3 Å².